The van der Waals surface area contributed by atoms with Crippen LogP contribution in [0.3, 0.4) is 0 Å². The number of hydrogen-bond donors (Lipinski definition) is 1. The molecule has 0 aliphatic heterocycles. The lowest BCUT2D eigenvalue weighted by molar-refractivity contribution is 0.0600. The number of aliphatic hydroxyl groups is 1. The number of nitrogens with zero attached hydrogens (tertiary/aromatic N) is 1. The maximum atomic E-state index is 11.5. The lowest BCUT2D eigenvalue weighted by atomic mass is 10.1. The van der Waals surface area contributed by atoms with E-state index in [0.717, 1.165) is 18.4 Å². The Hall–Kier alpha value is -1.10. The Morgan fingerprint density at radius 3 is 2.85 bits per heavy atom. The van der Waals surface area contributed by atoms with Gasteiger partial charge in [0.25, 0.3) is 0 Å². The molecule has 1 aromatic carbocycles. The van der Waals surface area contributed by atoms with Crippen LogP contribution < -0.4 is 0 Å². The van der Waals surface area contributed by atoms with E-state index < -0.39 is 0 Å². The number of aliphatic hydroxyl groups excluding tert-OH is 1. The molecule has 0 aromatic heterocycles. The predicted octanol–water partition coefficient (Wildman–Crippen LogP) is 2.33. The van der Waals surface area contributed by atoms with Gasteiger partial charge in [-0.15, -0.1) is 0 Å². The molecular formula is C15H20ClNO3. The van der Waals surface area contributed by atoms with E-state index in [0.29, 0.717) is 29.6 Å². The van der Waals surface area contributed by atoms with Gasteiger partial charge < -0.3 is 9.84 Å². The van der Waals surface area contributed by atoms with Crippen molar-refractivity contribution >= 4 is 17.6 Å². The summed E-state index contributed by atoms with van der Waals surface area (Å²) in [5.74, 6) is 0.0814. The number of benzene rings is 1. The van der Waals surface area contributed by atoms with Gasteiger partial charge in [0.1, 0.15) is 0 Å². The van der Waals surface area contributed by atoms with Crippen LogP contribution >= 0.6 is 11.6 Å². The Labute approximate surface area is 124 Å². The van der Waals surface area contributed by atoms with Crippen molar-refractivity contribution in [3.8, 4) is 0 Å². The van der Waals surface area contributed by atoms with E-state index in [1.54, 1.807) is 18.2 Å². The molecule has 5 heteroatoms. The second-order valence-corrected chi connectivity index (χ2v) is 5.81. The maximum Gasteiger partial charge on any atom is 0.337 e. The van der Waals surface area contributed by atoms with Gasteiger partial charge in [-0.1, -0.05) is 11.6 Å². The average molecular weight is 298 g/mol. The molecule has 1 N–H and O–H groups in total. The first-order valence-corrected chi connectivity index (χ1v) is 7.12. The van der Waals surface area contributed by atoms with Crippen molar-refractivity contribution in [3.63, 3.8) is 0 Å². The Kier molecular flexibility index (Phi) is 5.02. The number of ether oxygens (including phenoxy) is 1. The highest BCUT2D eigenvalue weighted by molar-refractivity contribution is 6.31. The van der Waals surface area contributed by atoms with Crippen molar-refractivity contribution in [2.45, 2.75) is 25.5 Å². The highest BCUT2D eigenvalue weighted by Crippen LogP contribution is 2.33. The summed E-state index contributed by atoms with van der Waals surface area (Å²) >= 11 is 6.16. The first-order chi connectivity index (χ1) is 9.51. The first kappa shape index (κ1) is 15.3. The normalized spacial score (nSPS) is 16.2. The summed E-state index contributed by atoms with van der Waals surface area (Å²) in [6.07, 6.45) is 1.96. The van der Waals surface area contributed by atoms with E-state index in [2.05, 4.69) is 0 Å². The van der Waals surface area contributed by atoms with Crippen LogP contribution in [0.2, 0.25) is 5.02 Å². The summed E-state index contributed by atoms with van der Waals surface area (Å²) in [5.41, 5.74) is 1.35. The molecule has 0 spiro atoms. The van der Waals surface area contributed by atoms with Gasteiger partial charge in [0.05, 0.1) is 18.8 Å². The molecule has 1 aromatic rings. The van der Waals surface area contributed by atoms with Crippen LogP contribution in [0.1, 0.15) is 28.8 Å². The van der Waals surface area contributed by atoms with Crippen molar-refractivity contribution in [3.05, 3.63) is 34.3 Å². The molecule has 1 aliphatic carbocycles. The average Bonchev–Trinajstić information content (AvgIpc) is 3.24. The molecule has 0 heterocycles. The third kappa shape index (κ3) is 3.95. The molecule has 0 radical (unpaired) electrons. The van der Waals surface area contributed by atoms with Gasteiger partial charge >= 0.3 is 5.97 Å². The molecule has 0 amide bonds. The zero-order valence-electron chi connectivity index (χ0n) is 11.8. The fourth-order valence-corrected chi connectivity index (χ4v) is 2.42. The zero-order valence-corrected chi connectivity index (χ0v) is 12.6. The van der Waals surface area contributed by atoms with Crippen LogP contribution in [-0.4, -0.2) is 42.8 Å². The number of carbonyl (C=O) groups is 1. The second-order valence-electron chi connectivity index (χ2n) is 5.40. The van der Waals surface area contributed by atoms with Crippen LogP contribution in [-0.2, 0) is 11.3 Å². The van der Waals surface area contributed by atoms with Crippen molar-refractivity contribution < 1.29 is 14.6 Å². The summed E-state index contributed by atoms with van der Waals surface area (Å²) in [4.78, 5) is 13.5. The summed E-state index contributed by atoms with van der Waals surface area (Å²) in [5, 5.41) is 10.6. The minimum Gasteiger partial charge on any atom is -0.465 e. The van der Waals surface area contributed by atoms with E-state index >= 15 is 0 Å². The number of hydrogen-bond acceptors (Lipinski definition) is 4. The number of halogens is 1. The van der Waals surface area contributed by atoms with Gasteiger partial charge in [0.2, 0.25) is 0 Å². The molecule has 0 saturated heterocycles. The molecule has 1 unspecified atom stereocenters. The number of esters is 1. The van der Waals surface area contributed by atoms with E-state index in [9.17, 15) is 9.90 Å². The Morgan fingerprint density at radius 1 is 1.55 bits per heavy atom. The Balaban J connectivity index is 2.01. The van der Waals surface area contributed by atoms with Gasteiger partial charge in [0.15, 0.2) is 0 Å². The molecule has 1 atom stereocenters. The summed E-state index contributed by atoms with van der Waals surface area (Å²) in [6, 6.07) is 5.10. The second kappa shape index (κ2) is 6.57. The number of likely N-dealkylation sites (N-methyl/N-ethyl adjacent to an activating group) is 1. The smallest absolute Gasteiger partial charge is 0.337 e. The van der Waals surface area contributed by atoms with Crippen LogP contribution in [0.4, 0.5) is 0 Å². The van der Waals surface area contributed by atoms with Crippen molar-refractivity contribution in [1.82, 2.24) is 4.90 Å². The maximum absolute atomic E-state index is 11.5. The predicted molar refractivity (Wildman–Crippen MR) is 77.9 cm³/mol. The third-order valence-electron chi connectivity index (χ3n) is 3.57. The fraction of sp³-hybridized carbons (Fsp3) is 0.533. The highest BCUT2D eigenvalue weighted by Gasteiger charge is 2.30. The largest absolute Gasteiger partial charge is 0.465 e. The van der Waals surface area contributed by atoms with Gasteiger partial charge in [-0.05, 0) is 49.6 Å². The number of rotatable bonds is 6. The van der Waals surface area contributed by atoms with Gasteiger partial charge in [-0.2, -0.15) is 0 Å². The molecule has 1 aliphatic rings. The van der Waals surface area contributed by atoms with E-state index in [1.807, 2.05) is 11.9 Å². The Morgan fingerprint density at radius 2 is 2.25 bits per heavy atom. The minimum atomic E-state index is -0.372. The Bertz CT molecular complexity index is 488. The molecule has 110 valence electrons. The number of carbonyl (C=O) groups excluding carboxylic acids is 1. The zero-order chi connectivity index (χ0) is 14.7. The summed E-state index contributed by atoms with van der Waals surface area (Å²) < 4.78 is 4.70. The molecule has 4 nitrogen and oxygen atoms in total. The van der Waals surface area contributed by atoms with E-state index in [4.69, 9.17) is 16.3 Å². The molecule has 1 saturated carbocycles. The highest BCUT2D eigenvalue weighted by atomic mass is 35.5. The molecule has 1 fully saturated rings. The van der Waals surface area contributed by atoms with Crippen molar-refractivity contribution in [1.29, 1.82) is 0 Å². The monoisotopic (exact) mass is 297 g/mol. The van der Waals surface area contributed by atoms with Gasteiger partial charge in [0, 0.05) is 18.1 Å². The molecule has 2 rings (SSSR count). The first-order valence-electron chi connectivity index (χ1n) is 6.74. The van der Waals surface area contributed by atoms with Crippen LogP contribution in [0.5, 0.6) is 0 Å². The van der Waals surface area contributed by atoms with Gasteiger partial charge in [-0.3, -0.25) is 4.90 Å². The van der Waals surface area contributed by atoms with Crippen LogP contribution in [0, 0.1) is 5.92 Å². The summed E-state index contributed by atoms with van der Waals surface area (Å²) in [7, 11) is 3.29. The number of methoxy groups -OCH3 is 1. The molecular weight excluding hydrogens is 278 g/mol. The topological polar surface area (TPSA) is 49.8 Å². The van der Waals surface area contributed by atoms with E-state index in [-0.39, 0.29) is 12.1 Å². The van der Waals surface area contributed by atoms with Crippen molar-refractivity contribution in [2.24, 2.45) is 5.92 Å². The third-order valence-corrected chi connectivity index (χ3v) is 3.94. The SMILES string of the molecule is COC(=O)c1ccc(Cl)c(CN(C)CC(O)C2CC2)c1. The van der Waals surface area contributed by atoms with E-state index in [1.165, 1.54) is 7.11 Å². The molecule has 20 heavy (non-hydrogen) atoms. The lowest BCUT2D eigenvalue weighted by Crippen LogP contribution is -2.30. The van der Waals surface area contributed by atoms with Crippen LogP contribution in [0.15, 0.2) is 18.2 Å². The van der Waals surface area contributed by atoms with Gasteiger partial charge in [-0.25, -0.2) is 4.79 Å². The van der Waals surface area contributed by atoms with Crippen molar-refractivity contribution in [2.75, 3.05) is 20.7 Å². The standard InChI is InChI=1S/C15H20ClNO3/c1-17(9-14(18)10-3-4-10)8-12-7-11(15(19)20-2)5-6-13(12)16/h5-7,10,14,18H,3-4,8-9H2,1-2H3. The fourth-order valence-electron chi connectivity index (χ4n) is 2.25. The lowest BCUT2D eigenvalue weighted by Gasteiger charge is -2.21. The minimum absolute atomic E-state index is 0.275. The molecule has 0 bridgehead atoms. The summed E-state index contributed by atoms with van der Waals surface area (Å²) in [6.45, 7) is 1.21. The quantitative estimate of drug-likeness (QED) is 0.819. The van der Waals surface area contributed by atoms with Crippen LogP contribution in [0.25, 0.3) is 0 Å².